The van der Waals surface area contributed by atoms with Crippen molar-refractivity contribution in [1.82, 2.24) is 16.0 Å². The largest absolute Gasteiger partial charge is 0.453 e. The van der Waals surface area contributed by atoms with Crippen LogP contribution < -0.4 is 25.0 Å². The highest BCUT2D eigenvalue weighted by Crippen LogP contribution is 2.53. The van der Waals surface area contributed by atoms with Gasteiger partial charge in [0.15, 0.2) is 5.78 Å². The van der Waals surface area contributed by atoms with Gasteiger partial charge in [-0.1, -0.05) is 53.6 Å². The number of nitrogens with one attached hydrogen (secondary N) is 3. The second-order valence-corrected chi connectivity index (χ2v) is 16.6. The zero-order chi connectivity index (χ0) is 43.9. The fraction of sp³-hybridized carbons (Fsp3) is 0.450. The second kappa shape index (κ2) is 24.9. The van der Waals surface area contributed by atoms with Crippen LogP contribution in [0.3, 0.4) is 0 Å². The van der Waals surface area contributed by atoms with Gasteiger partial charge in [0, 0.05) is 17.9 Å². The molecule has 0 fully saturated rings. The lowest BCUT2D eigenvalue weighted by molar-refractivity contribution is 0.00669. The van der Waals surface area contributed by atoms with Gasteiger partial charge in [0.1, 0.15) is 29.3 Å². The maximum atomic E-state index is 14.9. The number of hydrogen-bond acceptors (Lipinski definition) is 14. The fourth-order valence-corrected chi connectivity index (χ4v) is 6.47. The molecule has 0 saturated heterocycles. The highest BCUT2D eigenvalue weighted by molar-refractivity contribution is 7.55. The molecule has 3 N–H and O–H groups in total. The first kappa shape index (κ1) is 48.5. The Balaban J connectivity index is 1.78. The monoisotopic (exact) mass is 855 g/mol. The van der Waals surface area contributed by atoms with Crippen LogP contribution in [0.5, 0.6) is 11.5 Å². The van der Waals surface area contributed by atoms with Gasteiger partial charge in [-0.25, -0.2) is 23.9 Å². The predicted octanol–water partition coefficient (Wildman–Crippen LogP) is 8.03. The van der Waals surface area contributed by atoms with Crippen LogP contribution in [0, 0.1) is 0 Å². The topological polar surface area (TPSA) is 239 Å². The summed E-state index contributed by atoms with van der Waals surface area (Å²) in [6.07, 6.45) is -2.70. The van der Waals surface area contributed by atoms with E-state index in [9.17, 15) is 18.9 Å². The number of benzene rings is 3. The minimum Gasteiger partial charge on any atom is -0.447 e. The maximum Gasteiger partial charge on any atom is 0.453 e. The van der Waals surface area contributed by atoms with E-state index < -0.39 is 42.9 Å². The summed E-state index contributed by atoms with van der Waals surface area (Å²) in [5, 5.41) is 10.9. The van der Waals surface area contributed by atoms with Gasteiger partial charge in [0.25, 0.3) is 0 Å². The van der Waals surface area contributed by atoms with Crippen LogP contribution in [0.2, 0.25) is 0 Å². The van der Waals surface area contributed by atoms with Gasteiger partial charge in [-0.3, -0.25) is 10.6 Å². The van der Waals surface area contributed by atoms with Gasteiger partial charge < -0.3 is 42.8 Å². The molecule has 19 nitrogen and oxygen atoms in total. The highest BCUT2D eigenvalue weighted by Gasteiger charge is 2.41. The molecule has 0 saturated carbocycles. The highest BCUT2D eigenvalue weighted by atomic mass is 31.2. The van der Waals surface area contributed by atoms with E-state index in [4.69, 9.17) is 43.0 Å². The summed E-state index contributed by atoms with van der Waals surface area (Å²) in [4.78, 5) is 45.5. The zero-order valence-electron chi connectivity index (χ0n) is 34.7. The van der Waals surface area contributed by atoms with Crippen LogP contribution in [0.15, 0.2) is 95.0 Å². The van der Waals surface area contributed by atoms with Gasteiger partial charge in [-0.2, -0.15) is 0 Å². The average Bonchev–Trinajstić information content (AvgIpc) is 3.16. The van der Waals surface area contributed by atoms with Crippen molar-refractivity contribution >= 4 is 37.5 Å². The number of ether oxygens (including phenoxy) is 6. The van der Waals surface area contributed by atoms with E-state index in [2.05, 4.69) is 31.0 Å². The van der Waals surface area contributed by atoms with Crippen molar-refractivity contribution in [2.75, 3.05) is 52.8 Å². The maximum absolute atomic E-state index is 14.9. The van der Waals surface area contributed by atoms with E-state index in [1.807, 2.05) is 0 Å². The second-order valence-electron chi connectivity index (χ2n) is 14.5. The van der Waals surface area contributed by atoms with E-state index in [1.54, 1.807) is 126 Å². The van der Waals surface area contributed by atoms with E-state index >= 15 is 0 Å². The Hall–Kier alpha value is -5.84. The van der Waals surface area contributed by atoms with Gasteiger partial charge in [-0.15, -0.1) is 0 Å². The number of guanidine groups is 1. The van der Waals surface area contributed by atoms with Crippen LogP contribution in [-0.4, -0.2) is 94.0 Å². The molecular formula is C40H54N7O12P. The molecule has 3 rings (SSSR count). The SMILES string of the molecule is CC(C)(C)OC(=O)NC(=Nc1ccc(CC(NC(=O)OCCOCCOCCOCCN=[N+]=[N-])P(=O)(Oc2ccccc2)Oc2ccccc2)cc1)NC(=O)OC(C)(C)C. The molecule has 60 heavy (non-hydrogen) atoms. The van der Waals surface area contributed by atoms with Crippen molar-refractivity contribution in [3.63, 3.8) is 0 Å². The molecule has 20 heteroatoms. The molecule has 0 bridgehead atoms. The molecule has 326 valence electrons. The van der Waals surface area contributed by atoms with Crippen LogP contribution in [-0.2, 0) is 39.4 Å². The number of nitrogens with zero attached hydrogens (tertiary/aromatic N) is 4. The lowest BCUT2D eigenvalue weighted by Gasteiger charge is -2.28. The summed E-state index contributed by atoms with van der Waals surface area (Å²) >= 11 is 0. The Morgan fingerprint density at radius 2 is 1.13 bits per heavy atom. The fourth-order valence-electron chi connectivity index (χ4n) is 4.65. The van der Waals surface area contributed by atoms with Crippen LogP contribution in [0.4, 0.5) is 20.1 Å². The first-order valence-electron chi connectivity index (χ1n) is 19.0. The Morgan fingerprint density at radius 3 is 1.60 bits per heavy atom. The lowest BCUT2D eigenvalue weighted by atomic mass is 10.1. The third-order valence-electron chi connectivity index (χ3n) is 7.07. The number of amides is 3. The quantitative estimate of drug-likeness (QED) is 0.0135. The van der Waals surface area contributed by atoms with Crippen LogP contribution in [0.25, 0.3) is 10.4 Å². The summed E-state index contributed by atoms with van der Waals surface area (Å²) in [6.45, 7) is 11.7. The Morgan fingerprint density at radius 1 is 0.667 bits per heavy atom. The van der Waals surface area contributed by atoms with E-state index in [0.29, 0.717) is 31.1 Å². The molecule has 0 aromatic heterocycles. The van der Waals surface area contributed by atoms with Crippen LogP contribution >= 0.6 is 7.60 Å². The Labute approximate surface area is 349 Å². The summed E-state index contributed by atoms with van der Waals surface area (Å²) in [5.74, 6) is -1.08. The van der Waals surface area contributed by atoms with Crippen molar-refractivity contribution < 1.29 is 56.4 Å². The van der Waals surface area contributed by atoms with Crippen molar-refractivity contribution in [2.45, 2.75) is 64.9 Å². The number of aliphatic imine (C=N–C) groups is 1. The third kappa shape index (κ3) is 20.7. The molecule has 3 aromatic carbocycles. The number of para-hydroxylation sites is 2. The normalized spacial score (nSPS) is 11.8. The minimum absolute atomic E-state index is 0.0539. The van der Waals surface area contributed by atoms with Crippen molar-refractivity contribution in [1.29, 1.82) is 0 Å². The minimum atomic E-state index is -4.31. The predicted molar refractivity (Wildman–Crippen MR) is 222 cm³/mol. The summed E-state index contributed by atoms with van der Waals surface area (Å²) in [7, 11) is -4.31. The molecule has 1 unspecified atom stereocenters. The first-order valence-corrected chi connectivity index (χ1v) is 20.6. The Kier molecular flexibility index (Phi) is 20.2. The summed E-state index contributed by atoms with van der Waals surface area (Å²) in [5.41, 5.74) is 7.48. The average molecular weight is 856 g/mol. The molecule has 0 aliphatic rings. The van der Waals surface area contributed by atoms with Crippen molar-refractivity contribution in [2.24, 2.45) is 10.1 Å². The van der Waals surface area contributed by atoms with Gasteiger partial charge in [0.2, 0.25) is 5.96 Å². The van der Waals surface area contributed by atoms with Crippen molar-refractivity contribution in [3.8, 4) is 11.5 Å². The molecule has 3 amide bonds. The standard InChI is InChI=1S/C40H54N7O12P/c1-39(2,3)56-37(49)45-35(46-38(50)57-40(4,5)6)43-31-19-17-30(18-20-31)29-34(44-36(48)55-28-27-54-26-25-53-24-23-52-22-21-42-47-41)60(51,58-32-13-9-7-10-14-32)59-33-15-11-8-12-16-33/h7-20,34H,21-29H2,1-6H3,(H,44,48)(H2,43,45,46,49,50). The molecule has 0 aliphatic heterocycles. The van der Waals surface area contributed by atoms with Crippen LogP contribution in [0.1, 0.15) is 47.1 Å². The Bertz CT molecular complexity index is 1820. The van der Waals surface area contributed by atoms with Gasteiger partial charge in [-0.05, 0) is 89.0 Å². The number of rotatable bonds is 21. The van der Waals surface area contributed by atoms with Crippen molar-refractivity contribution in [3.05, 3.63) is 101 Å². The number of carbonyl (C=O) groups is 3. The molecule has 3 aromatic rings. The number of alkyl carbamates (subject to hydrolysis) is 3. The molecule has 0 aliphatic carbocycles. The number of hydrogen-bond donors (Lipinski definition) is 3. The third-order valence-corrected chi connectivity index (χ3v) is 9.07. The number of carbonyl (C=O) groups excluding carboxylic acids is 3. The molecule has 1 atom stereocenters. The molecule has 0 spiro atoms. The van der Waals surface area contributed by atoms with E-state index in [0.717, 1.165) is 0 Å². The van der Waals surface area contributed by atoms with Gasteiger partial charge in [0.05, 0.1) is 45.3 Å². The number of azide groups is 1. The van der Waals surface area contributed by atoms with E-state index in [-0.39, 0.29) is 56.9 Å². The summed E-state index contributed by atoms with van der Waals surface area (Å²) in [6, 6.07) is 23.3. The lowest BCUT2D eigenvalue weighted by Crippen LogP contribution is -2.47. The molecular weight excluding hydrogens is 801 g/mol. The van der Waals surface area contributed by atoms with E-state index in [1.165, 1.54) is 0 Å². The molecule has 0 radical (unpaired) electrons. The smallest absolute Gasteiger partial charge is 0.447 e. The molecule has 0 heterocycles. The zero-order valence-corrected chi connectivity index (χ0v) is 35.6. The van der Waals surface area contributed by atoms with Gasteiger partial charge >= 0.3 is 25.9 Å². The first-order chi connectivity index (χ1) is 28.5. The summed E-state index contributed by atoms with van der Waals surface area (Å²) < 4.78 is 59.2.